The quantitative estimate of drug-likeness (QED) is 0.748. The largest absolute Gasteiger partial charge is 0.399 e. The van der Waals surface area contributed by atoms with E-state index in [1.54, 1.807) is 0 Å². The number of nitrogens with zero attached hydrogens (tertiary/aromatic N) is 1. The second-order valence-electron chi connectivity index (χ2n) is 5.82. The van der Waals surface area contributed by atoms with Crippen molar-refractivity contribution in [3.63, 3.8) is 0 Å². The molecule has 0 heterocycles. The Morgan fingerprint density at radius 3 is 2.35 bits per heavy atom. The fourth-order valence-electron chi connectivity index (χ4n) is 2.26. The summed E-state index contributed by atoms with van der Waals surface area (Å²) in [5.74, 6) is 0.622. The lowest BCUT2D eigenvalue weighted by Gasteiger charge is -2.28. The lowest BCUT2D eigenvalue weighted by Crippen LogP contribution is -2.43. The van der Waals surface area contributed by atoms with Crippen LogP contribution in [0.1, 0.15) is 25.8 Å². The van der Waals surface area contributed by atoms with Gasteiger partial charge in [0.25, 0.3) is 0 Å². The molecule has 1 aromatic rings. The number of nitrogen functional groups attached to an aromatic ring is 1. The van der Waals surface area contributed by atoms with Gasteiger partial charge in [-0.1, -0.05) is 26.0 Å². The number of nitrogens with one attached hydrogen (secondary N) is 1. The minimum atomic E-state index is 0.106. The first-order valence-corrected chi connectivity index (χ1v) is 7.17. The van der Waals surface area contributed by atoms with Gasteiger partial charge in [-0.3, -0.25) is 4.79 Å². The molecule has 1 rings (SSSR count). The average Bonchev–Trinajstić information content (AvgIpc) is 2.37. The van der Waals surface area contributed by atoms with Crippen molar-refractivity contribution < 1.29 is 4.79 Å². The van der Waals surface area contributed by atoms with E-state index in [1.165, 1.54) is 0 Å². The van der Waals surface area contributed by atoms with Crippen LogP contribution in [-0.2, 0) is 11.2 Å². The Bertz CT molecular complexity index is 404. The maximum atomic E-state index is 11.9. The molecule has 0 saturated carbocycles. The molecule has 0 aromatic heterocycles. The molecule has 0 aliphatic heterocycles. The summed E-state index contributed by atoms with van der Waals surface area (Å²) in [5, 5.41) is 3.02. The molecular weight excluding hydrogens is 250 g/mol. The summed E-state index contributed by atoms with van der Waals surface area (Å²) in [7, 11) is 4.09. The lowest BCUT2D eigenvalue weighted by molar-refractivity contribution is -0.121. The van der Waals surface area contributed by atoms with Crippen LogP contribution in [0.2, 0.25) is 0 Å². The summed E-state index contributed by atoms with van der Waals surface area (Å²) >= 11 is 0. The second-order valence-corrected chi connectivity index (χ2v) is 5.82. The van der Waals surface area contributed by atoms with Crippen LogP contribution in [0.4, 0.5) is 5.69 Å². The van der Waals surface area contributed by atoms with Crippen molar-refractivity contribution in [3.8, 4) is 0 Å². The van der Waals surface area contributed by atoms with Crippen LogP contribution in [0.3, 0.4) is 0 Å². The van der Waals surface area contributed by atoms with E-state index in [4.69, 9.17) is 5.73 Å². The molecule has 1 atom stereocenters. The zero-order valence-corrected chi connectivity index (χ0v) is 13.0. The summed E-state index contributed by atoms with van der Waals surface area (Å²) < 4.78 is 0. The Labute approximate surface area is 122 Å². The number of carbonyl (C=O) groups is 1. The zero-order chi connectivity index (χ0) is 15.1. The van der Waals surface area contributed by atoms with Crippen molar-refractivity contribution in [2.75, 3.05) is 26.4 Å². The third kappa shape index (κ3) is 5.61. The molecule has 112 valence electrons. The van der Waals surface area contributed by atoms with Crippen LogP contribution in [-0.4, -0.2) is 37.5 Å². The summed E-state index contributed by atoms with van der Waals surface area (Å²) in [4.78, 5) is 14.0. The number of aryl methyl sites for hydroxylation is 1. The predicted octanol–water partition coefficient (Wildman–Crippen LogP) is 1.90. The molecule has 1 amide bonds. The average molecular weight is 277 g/mol. The summed E-state index contributed by atoms with van der Waals surface area (Å²) in [6.07, 6.45) is 1.27. The lowest BCUT2D eigenvalue weighted by atomic mass is 10.0. The number of amides is 1. The highest BCUT2D eigenvalue weighted by Crippen LogP contribution is 2.08. The van der Waals surface area contributed by atoms with Gasteiger partial charge in [-0.15, -0.1) is 0 Å². The van der Waals surface area contributed by atoms with Crippen LogP contribution in [0.5, 0.6) is 0 Å². The van der Waals surface area contributed by atoms with Gasteiger partial charge in [-0.05, 0) is 44.1 Å². The first-order valence-electron chi connectivity index (χ1n) is 7.17. The van der Waals surface area contributed by atoms with Gasteiger partial charge in [-0.2, -0.15) is 0 Å². The smallest absolute Gasteiger partial charge is 0.220 e. The van der Waals surface area contributed by atoms with E-state index in [2.05, 4.69) is 24.1 Å². The van der Waals surface area contributed by atoms with Crippen LogP contribution >= 0.6 is 0 Å². The number of likely N-dealkylation sites (N-methyl/N-ethyl adjacent to an activating group) is 1. The van der Waals surface area contributed by atoms with Crippen LogP contribution in [0, 0.1) is 5.92 Å². The highest BCUT2D eigenvalue weighted by Gasteiger charge is 2.16. The molecule has 1 aromatic carbocycles. The van der Waals surface area contributed by atoms with E-state index >= 15 is 0 Å². The van der Waals surface area contributed by atoms with Crippen molar-refractivity contribution >= 4 is 11.6 Å². The molecule has 3 N–H and O–H groups in total. The van der Waals surface area contributed by atoms with Gasteiger partial charge in [0.1, 0.15) is 0 Å². The number of anilines is 1. The first-order chi connectivity index (χ1) is 9.40. The molecule has 0 spiro atoms. The van der Waals surface area contributed by atoms with E-state index in [0.29, 0.717) is 24.9 Å². The van der Waals surface area contributed by atoms with Gasteiger partial charge in [0.15, 0.2) is 0 Å². The topological polar surface area (TPSA) is 58.4 Å². The Kier molecular flexibility index (Phi) is 6.52. The second kappa shape index (κ2) is 7.90. The van der Waals surface area contributed by atoms with E-state index in [1.807, 2.05) is 38.4 Å². The molecule has 0 radical (unpaired) electrons. The molecule has 0 aliphatic carbocycles. The van der Waals surface area contributed by atoms with Crippen molar-refractivity contribution in [2.24, 2.45) is 5.92 Å². The van der Waals surface area contributed by atoms with Crippen molar-refractivity contribution in [3.05, 3.63) is 29.8 Å². The Hall–Kier alpha value is -1.55. The van der Waals surface area contributed by atoms with Gasteiger partial charge in [-0.25, -0.2) is 0 Å². The van der Waals surface area contributed by atoms with Gasteiger partial charge >= 0.3 is 0 Å². The van der Waals surface area contributed by atoms with Gasteiger partial charge in [0.2, 0.25) is 5.91 Å². The minimum absolute atomic E-state index is 0.106. The van der Waals surface area contributed by atoms with E-state index in [0.717, 1.165) is 17.7 Å². The molecule has 4 heteroatoms. The molecule has 1 unspecified atom stereocenters. The SMILES string of the molecule is CC(C)C(CNC(=O)CCc1ccc(N)cc1)N(C)C. The van der Waals surface area contributed by atoms with E-state index < -0.39 is 0 Å². The number of rotatable bonds is 7. The maximum Gasteiger partial charge on any atom is 0.220 e. The van der Waals surface area contributed by atoms with E-state index in [-0.39, 0.29) is 5.91 Å². The normalized spacial score (nSPS) is 12.7. The van der Waals surface area contributed by atoms with Gasteiger partial charge in [0, 0.05) is 24.7 Å². The van der Waals surface area contributed by atoms with Gasteiger partial charge < -0.3 is 16.0 Å². The summed E-state index contributed by atoms with van der Waals surface area (Å²) in [6.45, 7) is 5.04. The molecule has 0 fully saturated rings. The summed E-state index contributed by atoms with van der Waals surface area (Å²) in [6, 6.07) is 8.05. The van der Waals surface area contributed by atoms with Crippen molar-refractivity contribution in [1.29, 1.82) is 0 Å². The zero-order valence-electron chi connectivity index (χ0n) is 13.0. The van der Waals surface area contributed by atoms with Crippen molar-refractivity contribution in [2.45, 2.75) is 32.7 Å². The Morgan fingerprint density at radius 2 is 1.85 bits per heavy atom. The Balaban J connectivity index is 2.35. The number of hydrogen-bond donors (Lipinski definition) is 2. The van der Waals surface area contributed by atoms with Gasteiger partial charge in [0.05, 0.1) is 0 Å². The van der Waals surface area contributed by atoms with Crippen LogP contribution in [0.25, 0.3) is 0 Å². The molecular formula is C16H27N3O. The Morgan fingerprint density at radius 1 is 1.25 bits per heavy atom. The highest BCUT2D eigenvalue weighted by atomic mass is 16.1. The monoisotopic (exact) mass is 277 g/mol. The third-order valence-corrected chi connectivity index (χ3v) is 3.56. The number of nitrogens with two attached hydrogens (primary N) is 1. The molecule has 0 saturated heterocycles. The third-order valence-electron chi connectivity index (χ3n) is 3.56. The number of carbonyl (C=O) groups excluding carboxylic acids is 1. The van der Waals surface area contributed by atoms with Crippen molar-refractivity contribution in [1.82, 2.24) is 10.2 Å². The summed E-state index contributed by atoms with van der Waals surface area (Å²) in [5.41, 5.74) is 7.53. The molecule has 0 aliphatic rings. The van der Waals surface area contributed by atoms with Crippen LogP contribution < -0.4 is 11.1 Å². The number of hydrogen-bond acceptors (Lipinski definition) is 3. The van der Waals surface area contributed by atoms with Crippen LogP contribution in [0.15, 0.2) is 24.3 Å². The minimum Gasteiger partial charge on any atom is -0.399 e. The van der Waals surface area contributed by atoms with E-state index in [9.17, 15) is 4.79 Å². The standard InChI is InChI=1S/C16H27N3O/c1-12(2)15(19(3)4)11-18-16(20)10-7-13-5-8-14(17)9-6-13/h5-6,8-9,12,15H,7,10-11,17H2,1-4H3,(H,18,20). The molecule has 4 nitrogen and oxygen atoms in total. The maximum absolute atomic E-state index is 11.9. The fraction of sp³-hybridized carbons (Fsp3) is 0.562. The first kappa shape index (κ1) is 16.5. The predicted molar refractivity (Wildman–Crippen MR) is 84.5 cm³/mol. The molecule has 20 heavy (non-hydrogen) atoms. The highest BCUT2D eigenvalue weighted by molar-refractivity contribution is 5.76. The molecule has 0 bridgehead atoms. The number of benzene rings is 1. The fourth-order valence-corrected chi connectivity index (χ4v) is 2.26.